The number of halogens is 1. The molecule has 1 aromatic rings. The van der Waals surface area contributed by atoms with Gasteiger partial charge in [0.15, 0.2) is 0 Å². The van der Waals surface area contributed by atoms with Crippen LogP contribution in [0, 0.1) is 11.8 Å². The van der Waals surface area contributed by atoms with E-state index in [1.165, 1.54) is 0 Å². The van der Waals surface area contributed by atoms with Crippen LogP contribution in [0.5, 0.6) is 0 Å². The van der Waals surface area contributed by atoms with Gasteiger partial charge in [0.1, 0.15) is 5.78 Å². The summed E-state index contributed by atoms with van der Waals surface area (Å²) < 4.78 is 0. The summed E-state index contributed by atoms with van der Waals surface area (Å²) >= 11 is 5.80. The highest BCUT2D eigenvalue weighted by atomic mass is 35.5. The highest BCUT2D eigenvalue weighted by Crippen LogP contribution is 2.31. The van der Waals surface area contributed by atoms with E-state index >= 15 is 0 Å². The average Bonchev–Trinajstić information content (AvgIpc) is 2.42. The fourth-order valence-electron chi connectivity index (χ4n) is 2.78. The highest BCUT2D eigenvalue weighted by molar-refractivity contribution is 6.30. The molecule has 4 heteroatoms. The second-order valence-electron chi connectivity index (χ2n) is 5.59. The molecule has 1 aliphatic carbocycles. The van der Waals surface area contributed by atoms with Crippen molar-refractivity contribution in [2.45, 2.75) is 39.0 Å². The molecule has 1 aromatic carbocycles. The molecule has 0 heterocycles. The van der Waals surface area contributed by atoms with E-state index in [2.05, 4.69) is 5.32 Å². The molecule has 0 atom stereocenters. The molecule has 1 fully saturated rings. The molecule has 0 saturated heterocycles. The Balaban J connectivity index is 1.78. The third kappa shape index (κ3) is 4.34. The molecule has 2 rings (SSSR count). The van der Waals surface area contributed by atoms with Gasteiger partial charge in [0, 0.05) is 23.0 Å². The predicted molar refractivity (Wildman–Crippen MR) is 80.8 cm³/mol. The van der Waals surface area contributed by atoms with Crippen molar-refractivity contribution in [2.75, 3.05) is 5.32 Å². The molecule has 0 aliphatic heterocycles. The maximum absolute atomic E-state index is 12.0. The van der Waals surface area contributed by atoms with Crippen molar-refractivity contribution in [3.05, 3.63) is 29.3 Å². The minimum Gasteiger partial charge on any atom is -0.326 e. The van der Waals surface area contributed by atoms with Crippen LogP contribution in [-0.4, -0.2) is 11.7 Å². The van der Waals surface area contributed by atoms with Gasteiger partial charge in [0.2, 0.25) is 5.91 Å². The van der Waals surface area contributed by atoms with Crippen molar-refractivity contribution in [1.29, 1.82) is 0 Å². The molecule has 0 unspecified atom stereocenters. The third-order valence-corrected chi connectivity index (χ3v) is 4.28. The predicted octanol–water partition coefficient (Wildman–Crippen LogP) is 4.06. The minimum absolute atomic E-state index is 0.0404. The summed E-state index contributed by atoms with van der Waals surface area (Å²) in [5, 5.41) is 3.54. The first-order valence-electron chi connectivity index (χ1n) is 7.10. The molecule has 108 valence electrons. The van der Waals surface area contributed by atoms with Crippen LogP contribution in [0.1, 0.15) is 39.0 Å². The Hall–Kier alpha value is -1.35. The topological polar surface area (TPSA) is 46.2 Å². The zero-order valence-electron chi connectivity index (χ0n) is 11.7. The number of carbonyl (C=O) groups is 2. The van der Waals surface area contributed by atoms with Crippen molar-refractivity contribution in [3.63, 3.8) is 0 Å². The van der Waals surface area contributed by atoms with E-state index < -0.39 is 0 Å². The Morgan fingerprint density at radius 3 is 2.30 bits per heavy atom. The molecule has 0 spiro atoms. The molecule has 0 bridgehead atoms. The Morgan fingerprint density at radius 1 is 1.15 bits per heavy atom. The maximum Gasteiger partial charge on any atom is 0.224 e. The van der Waals surface area contributed by atoms with Gasteiger partial charge in [-0.25, -0.2) is 0 Å². The number of nitrogens with one attached hydrogen (secondary N) is 1. The van der Waals surface area contributed by atoms with E-state index in [-0.39, 0.29) is 17.6 Å². The molecule has 20 heavy (non-hydrogen) atoms. The molecule has 0 aromatic heterocycles. The number of hydrogen-bond donors (Lipinski definition) is 1. The van der Waals surface area contributed by atoms with Crippen LogP contribution in [0.25, 0.3) is 0 Å². The Morgan fingerprint density at radius 2 is 1.75 bits per heavy atom. The molecular weight excluding hydrogens is 274 g/mol. The standard InChI is InChI=1S/C16H20ClNO2/c1-11(19)13-4-2-12(3-5-13)10-16(20)18-15-8-6-14(17)7-9-15/h6-9,12-13H,2-5,10H2,1H3,(H,18,20). The fraction of sp³-hybridized carbons (Fsp3) is 0.500. The first kappa shape index (κ1) is 15.0. The highest BCUT2D eigenvalue weighted by Gasteiger charge is 2.25. The smallest absolute Gasteiger partial charge is 0.224 e. The minimum atomic E-state index is 0.0404. The van der Waals surface area contributed by atoms with Crippen molar-refractivity contribution in [2.24, 2.45) is 11.8 Å². The summed E-state index contributed by atoms with van der Waals surface area (Å²) in [4.78, 5) is 23.3. The summed E-state index contributed by atoms with van der Waals surface area (Å²) in [6.07, 6.45) is 4.33. The first-order valence-corrected chi connectivity index (χ1v) is 7.48. The lowest BCUT2D eigenvalue weighted by molar-refractivity contribution is -0.122. The number of benzene rings is 1. The Labute approximate surface area is 124 Å². The van der Waals surface area contributed by atoms with Gasteiger partial charge < -0.3 is 5.32 Å². The van der Waals surface area contributed by atoms with Crippen LogP contribution in [0.2, 0.25) is 5.02 Å². The fourth-order valence-corrected chi connectivity index (χ4v) is 2.91. The Kier molecular flexibility index (Phi) is 5.18. The quantitative estimate of drug-likeness (QED) is 0.910. The number of amides is 1. The lowest BCUT2D eigenvalue weighted by Crippen LogP contribution is -2.23. The largest absolute Gasteiger partial charge is 0.326 e. The van der Waals surface area contributed by atoms with Crippen LogP contribution >= 0.6 is 11.6 Å². The van der Waals surface area contributed by atoms with Gasteiger partial charge in [-0.15, -0.1) is 0 Å². The van der Waals surface area contributed by atoms with Gasteiger partial charge in [-0.3, -0.25) is 9.59 Å². The Bertz CT molecular complexity index is 476. The van der Waals surface area contributed by atoms with Gasteiger partial charge in [-0.05, 0) is 62.8 Å². The van der Waals surface area contributed by atoms with Crippen molar-refractivity contribution in [3.8, 4) is 0 Å². The van der Waals surface area contributed by atoms with Gasteiger partial charge >= 0.3 is 0 Å². The summed E-state index contributed by atoms with van der Waals surface area (Å²) in [6.45, 7) is 1.66. The molecule has 1 N–H and O–H groups in total. The number of Topliss-reactive ketones (excluding diaryl/α,β-unsaturated/α-hetero) is 1. The zero-order valence-corrected chi connectivity index (χ0v) is 12.5. The van der Waals surface area contributed by atoms with E-state index in [9.17, 15) is 9.59 Å². The summed E-state index contributed by atoms with van der Waals surface area (Å²) in [6, 6.07) is 7.12. The molecule has 1 aliphatic rings. The lowest BCUT2D eigenvalue weighted by Gasteiger charge is -2.26. The van der Waals surface area contributed by atoms with Crippen molar-refractivity contribution >= 4 is 29.0 Å². The molecule has 1 amide bonds. The van der Waals surface area contributed by atoms with Crippen molar-refractivity contribution < 1.29 is 9.59 Å². The van der Waals surface area contributed by atoms with Crippen LogP contribution in [-0.2, 0) is 9.59 Å². The van der Waals surface area contributed by atoms with Crippen LogP contribution in [0.15, 0.2) is 24.3 Å². The molecule has 3 nitrogen and oxygen atoms in total. The molecule has 0 radical (unpaired) electrons. The van der Waals surface area contributed by atoms with Crippen LogP contribution in [0.4, 0.5) is 5.69 Å². The van der Waals surface area contributed by atoms with E-state index in [1.54, 1.807) is 31.2 Å². The molecular formula is C16H20ClNO2. The van der Waals surface area contributed by atoms with E-state index in [4.69, 9.17) is 11.6 Å². The maximum atomic E-state index is 12.0. The van der Waals surface area contributed by atoms with Crippen molar-refractivity contribution in [1.82, 2.24) is 0 Å². The van der Waals surface area contributed by atoms with E-state index in [1.807, 2.05) is 0 Å². The zero-order chi connectivity index (χ0) is 14.5. The summed E-state index contributed by atoms with van der Waals surface area (Å²) in [7, 11) is 0. The van der Waals surface area contributed by atoms with E-state index in [0.29, 0.717) is 17.4 Å². The number of carbonyl (C=O) groups excluding carboxylic acids is 2. The van der Waals surface area contributed by atoms with Gasteiger partial charge in [0.25, 0.3) is 0 Å². The number of anilines is 1. The normalized spacial score (nSPS) is 22.3. The number of rotatable bonds is 4. The molecule has 1 saturated carbocycles. The SMILES string of the molecule is CC(=O)C1CCC(CC(=O)Nc2ccc(Cl)cc2)CC1. The van der Waals surface area contributed by atoms with E-state index in [0.717, 1.165) is 31.4 Å². The third-order valence-electron chi connectivity index (χ3n) is 4.02. The van der Waals surface area contributed by atoms with Gasteiger partial charge in [-0.2, -0.15) is 0 Å². The number of hydrogen-bond acceptors (Lipinski definition) is 2. The van der Waals surface area contributed by atoms with Crippen LogP contribution < -0.4 is 5.32 Å². The number of ketones is 1. The first-order chi connectivity index (χ1) is 9.54. The average molecular weight is 294 g/mol. The second-order valence-corrected chi connectivity index (χ2v) is 6.02. The lowest BCUT2D eigenvalue weighted by atomic mass is 9.79. The monoisotopic (exact) mass is 293 g/mol. The summed E-state index contributed by atoms with van der Waals surface area (Å²) in [5.41, 5.74) is 0.775. The van der Waals surface area contributed by atoms with Gasteiger partial charge in [-0.1, -0.05) is 11.6 Å². The summed E-state index contributed by atoms with van der Waals surface area (Å²) in [5.74, 6) is 0.941. The van der Waals surface area contributed by atoms with Crippen LogP contribution in [0.3, 0.4) is 0 Å². The van der Waals surface area contributed by atoms with Gasteiger partial charge in [0.05, 0.1) is 0 Å². The second kappa shape index (κ2) is 6.89.